The Kier molecular flexibility index (Phi) is 3.60. The molecule has 1 saturated heterocycles. The van der Waals surface area contributed by atoms with E-state index in [0.29, 0.717) is 11.5 Å². The number of fused-ring (bicyclic) bond motifs is 1. The molecule has 2 aromatic rings. The van der Waals surface area contributed by atoms with Gasteiger partial charge in [0, 0.05) is 29.9 Å². The third-order valence-corrected chi connectivity index (χ3v) is 5.45. The van der Waals surface area contributed by atoms with Crippen molar-refractivity contribution >= 4 is 17.0 Å². The van der Waals surface area contributed by atoms with E-state index >= 15 is 0 Å². The number of aromatic carboxylic acids is 1. The highest BCUT2D eigenvalue weighted by atomic mass is 16.4. The van der Waals surface area contributed by atoms with Gasteiger partial charge >= 0.3 is 5.97 Å². The lowest BCUT2D eigenvalue weighted by Crippen LogP contribution is -2.36. The number of carboxylic acid groups (broad SMARTS) is 1. The predicted octanol–water partition coefficient (Wildman–Crippen LogP) is 2.92. The van der Waals surface area contributed by atoms with Crippen LogP contribution < -0.4 is 0 Å². The minimum atomic E-state index is -0.859. The van der Waals surface area contributed by atoms with Crippen LogP contribution in [0.1, 0.15) is 41.7 Å². The maximum Gasteiger partial charge on any atom is 0.338 e. The molecular weight excluding hydrogens is 290 g/mol. The standard InChI is InChI=1S/C18H23N3O2/c1-12-16(18(22)23)15-3-2-8-19-17(15)21(12)11-13-6-9-20(10-7-13)14-4-5-14/h2-3,8,13-14H,4-7,9-11H2,1H3,(H,22,23). The average molecular weight is 313 g/mol. The molecule has 2 fully saturated rings. The first kappa shape index (κ1) is 14.7. The van der Waals surface area contributed by atoms with Gasteiger partial charge in [-0.3, -0.25) is 0 Å². The van der Waals surface area contributed by atoms with Gasteiger partial charge in [-0.15, -0.1) is 0 Å². The summed E-state index contributed by atoms with van der Waals surface area (Å²) in [4.78, 5) is 18.7. The Hall–Kier alpha value is -1.88. The largest absolute Gasteiger partial charge is 0.478 e. The van der Waals surface area contributed by atoms with Gasteiger partial charge < -0.3 is 14.6 Å². The van der Waals surface area contributed by atoms with Crippen molar-refractivity contribution in [3.63, 3.8) is 0 Å². The molecule has 0 bridgehead atoms. The summed E-state index contributed by atoms with van der Waals surface area (Å²) in [5.41, 5.74) is 2.05. The molecular formula is C18H23N3O2. The molecule has 5 nitrogen and oxygen atoms in total. The monoisotopic (exact) mass is 313 g/mol. The number of carboxylic acids is 1. The van der Waals surface area contributed by atoms with Crippen molar-refractivity contribution in [1.29, 1.82) is 0 Å². The fourth-order valence-corrected chi connectivity index (χ4v) is 3.99. The van der Waals surface area contributed by atoms with E-state index in [4.69, 9.17) is 0 Å². The van der Waals surface area contributed by atoms with Crippen LogP contribution in [0.5, 0.6) is 0 Å². The van der Waals surface area contributed by atoms with Gasteiger partial charge in [-0.25, -0.2) is 9.78 Å². The van der Waals surface area contributed by atoms with Gasteiger partial charge in [-0.1, -0.05) is 0 Å². The van der Waals surface area contributed by atoms with E-state index in [1.807, 2.05) is 19.1 Å². The first-order valence-electron chi connectivity index (χ1n) is 8.56. The van der Waals surface area contributed by atoms with Crippen LogP contribution in [0.4, 0.5) is 0 Å². The maximum absolute atomic E-state index is 11.6. The van der Waals surface area contributed by atoms with Crippen molar-refractivity contribution in [3.05, 3.63) is 29.6 Å². The summed E-state index contributed by atoms with van der Waals surface area (Å²) in [5.74, 6) is -0.245. The van der Waals surface area contributed by atoms with Crippen molar-refractivity contribution in [2.75, 3.05) is 13.1 Å². The number of carbonyl (C=O) groups is 1. The fourth-order valence-electron chi connectivity index (χ4n) is 3.99. The molecule has 0 aromatic carbocycles. The van der Waals surface area contributed by atoms with Gasteiger partial charge in [0.25, 0.3) is 0 Å². The van der Waals surface area contributed by atoms with Gasteiger partial charge in [-0.2, -0.15) is 0 Å². The van der Waals surface area contributed by atoms with Crippen molar-refractivity contribution in [2.24, 2.45) is 5.92 Å². The highest BCUT2D eigenvalue weighted by Gasteiger charge is 2.32. The molecule has 2 aliphatic rings. The van der Waals surface area contributed by atoms with E-state index in [1.165, 1.54) is 38.8 Å². The first-order chi connectivity index (χ1) is 11.1. The van der Waals surface area contributed by atoms with Crippen LogP contribution in [-0.2, 0) is 6.54 Å². The molecule has 0 radical (unpaired) electrons. The van der Waals surface area contributed by atoms with E-state index in [2.05, 4.69) is 14.5 Å². The second kappa shape index (κ2) is 5.64. The van der Waals surface area contributed by atoms with Crippen LogP contribution in [0.25, 0.3) is 11.0 Å². The highest BCUT2D eigenvalue weighted by molar-refractivity contribution is 6.03. The molecule has 2 aromatic heterocycles. The predicted molar refractivity (Wildman–Crippen MR) is 88.7 cm³/mol. The van der Waals surface area contributed by atoms with E-state index in [-0.39, 0.29) is 0 Å². The first-order valence-corrected chi connectivity index (χ1v) is 8.56. The topological polar surface area (TPSA) is 58.4 Å². The SMILES string of the molecule is Cc1c(C(=O)O)c2cccnc2n1CC1CCN(C2CC2)CC1. The smallest absolute Gasteiger partial charge is 0.338 e. The fraction of sp³-hybridized carbons (Fsp3) is 0.556. The van der Waals surface area contributed by atoms with Gasteiger partial charge in [0.2, 0.25) is 0 Å². The molecule has 1 aliphatic carbocycles. The van der Waals surface area contributed by atoms with E-state index in [1.54, 1.807) is 6.20 Å². The molecule has 0 atom stereocenters. The summed E-state index contributed by atoms with van der Waals surface area (Å²) in [7, 11) is 0. The molecule has 0 unspecified atom stereocenters. The lowest BCUT2D eigenvalue weighted by molar-refractivity contribution is 0.0697. The molecule has 23 heavy (non-hydrogen) atoms. The minimum Gasteiger partial charge on any atom is -0.478 e. The maximum atomic E-state index is 11.6. The molecule has 1 N–H and O–H groups in total. The van der Waals surface area contributed by atoms with Crippen LogP contribution in [0.15, 0.2) is 18.3 Å². The highest BCUT2D eigenvalue weighted by Crippen LogP contribution is 2.32. The van der Waals surface area contributed by atoms with Crippen LogP contribution in [-0.4, -0.2) is 44.7 Å². The number of aromatic nitrogens is 2. The van der Waals surface area contributed by atoms with E-state index in [9.17, 15) is 9.90 Å². The Balaban J connectivity index is 1.59. The Bertz CT molecular complexity index is 740. The zero-order valence-electron chi connectivity index (χ0n) is 13.5. The number of hydrogen-bond acceptors (Lipinski definition) is 3. The Morgan fingerprint density at radius 2 is 2.04 bits per heavy atom. The van der Waals surface area contributed by atoms with Gasteiger partial charge in [0.1, 0.15) is 5.65 Å². The van der Waals surface area contributed by atoms with E-state index in [0.717, 1.165) is 29.3 Å². The molecule has 0 amide bonds. The summed E-state index contributed by atoms with van der Waals surface area (Å²) >= 11 is 0. The van der Waals surface area contributed by atoms with Gasteiger partial charge in [0.05, 0.1) is 5.56 Å². The summed E-state index contributed by atoms with van der Waals surface area (Å²) in [6.45, 7) is 5.16. The number of likely N-dealkylation sites (tertiary alicyclic amines) is 1. The number of rotatable bonds is 4. The van der Waals surface area contributed by atoms with Crippen LogP contribution in [0, 0.1) is 12.8 Å². The van der Waals surface area contributed by atoms with Crippen molar-refractivity contribution in [1.82, 2.24) is 14.5 Å². The average Bonchev–Trinajstić information content (AvgIpc) is 3.35. The summed E-state index contributed by atoms with van der Waals surface area (Å²) < 4.78 is 2.12. The van der Waals surface area contributed by atoms with Crippen LogP contribution in [0.2, 0.25) is 0 Å². The third kappa shape index (κ3) is 2.63. The molecule has 1 saturated carbocycles. The quantitative estimate of drug-likeness (QED) is 0.943. The summed E-state index contributed by atoms with van der Waals surface area (Å²) in [6, 6.07) is 4.53. The van der Waals surface area contributed by atoms with Gasteiger partial charge in [0.15, 0.2) is 0 Å². The second-order valence-corrected chi connectivity index (χ2v) is 6.96. The molecule has 1 aliphatic heterocycles. The molecule has 3 heterocycles. The van der Waals surface area contributed by atoms with Crippen molar-refractivity contribution in [3.8, 4) is 0 Å². The summed E-state index contributed by atoms with van der Waals surface area (Å²) in [6.07, 6.45) is 6.89. The molecule has 122 valence electrons. The molecule has 0 spiro atoms. The normalized spacial score (nSPS) is 20.2. The zero-order valence-corrected chi connectivity index (χ0v) is 13.5. The number of piperidine rings is 1. The van der Waals surface area contributed by atoms with Crippen molar-refractivity contribution in [2.45, 2.75) is 45.2 Å². The third-order valence-electron chi connectivity index (χ3n) is 5.45. The van der Waals surface area contributed by atoms with Crippen LogP contribution in [0.3, 0.4) is 0 Å². The Morgan fingerprint density at radius 3 is 2.70 bits per heavy atom. The Labute approximate surface area is 135 Å². The lowest BCUT2D eigenvalue weighted by Gasteiger charge is -2.32. The minimum absolute atomic E-state index is 0.406. The van der Waals surface area contributed by atoms with E-state index < -0.39 is 5.97 Å². The number of pyridine rings is 1. The van der Waals surface area contributed by atoms with Gasteiger partial charge in [-0.05, 0) is 63.7 Å². The second-order valence-electron chi connectivity index (χ2n) is 6.96. The lowest BCUT2D eigenvalue weighted by atomic mass is 9.96. The zero-order chi connectivity index (χ0) is 16.0. The Morgan fingerprint density at radius 1 is 1.30 bits per heavy atom. The molecule has 4 rings (SSSR count). The number of nitrogens with zero attached hydrogens (tertiary/aromatic N) is 3. The summed E-state index contributed by atoms with van der Waals surface area (Å²) in [5, 5.41) is 10.3. The van der Waals surface area contributed by atoms with Crippen LogP contribution >= 0.6 is 0 Å². The molecule has 5 heteroatoms. The number of hydrogen-bond donors (Lipinski definition) is 1. The van der Waals surface area contributed by atoms with Crippen molar-refractivity contribution < 1.29 is 9.90 Å².